The van der Waals surface area contributed by atoms with Gasteiger partial charge in [0.25, 0.3) is 5.91 Å². The maximum atomic E-state index is 12.2. The SMILES string of the molecule is Cc1nc(-c2ccccc2)sc1C(=O)OCC(=O)N[C@H](C)C1CC1. The van der Waals surface area contributed by atoms with Gasteiger partial charge in [0, 0.05) is 11.6 Å². The van der Waals surface area contributed by atoms with Gasteiger partial charge in [0.05, 0.1) is 5.69 Å². The second-order valence-electron chi connectivity index (χ2n) is 6.07. The lowest BCUT2D eigenvalue weighted by molar-refractivity contribution is -0.124. The van der Waals surface area contributed by atoms with E-state index >= 15 is 0 Å². The van der Waals surface area contributed by atoms with Gasteiger partial charge in [-0.2, -0.15) is 0 Å². The molecule has 3 rings (SSSR count). The minimum absolute atomic E-state index is 0.144. The number of hydrogen-bond donors (Lipinski definition) is 1. The highest BCUT2D eigenvalue weighted by atomic mass is 32.1. The average Bonchev–Trinajstić information content (AvgIpc) is 3.36. The van der Waals surface area contributed by atoms with Crippen LogP contribution < -0.4 is 5.32 Å². The number of amides is 1. The maximum absolute atomic E-state index is 12.2. The minimum Gasteiger partial charge on any atom is -0.451 e. The van der Waals surface area contributed by atoms with Crippen LogP contribution in [0.15, 0.2) is 30.3 Å². The van der Waals surface area contributed by atoms with Crippen LogP contribution in [0.3, 0.4) is 0 Å². The summed E-state index contributed by atoms with van der Waals surface area (Å²) >= 11 is 1.28. The van der Waals surface area contributed by atoms with Crippen LogP contribution in [0.2, 0.25) is 0 Å². The van der Waals surface area contributed by atoms with Gasteiger partial charge in [-0.3, -0.25) is 4.79 Å². The van der Waals surface area contributed by atoms with E-state index < -0.39 is 5.97 Å². The van der Waals surface area contributed by atoms with Gasteiger partial charge in [0.1, 0.15) is 9.88 Å². The predicted molar refractivity (Wildman–Crippen MR) is 92.9 cm³/mol. The van der Waals surface area contributed by atoms with Crippen LogP contribution in [0.1, 0.15) is 35.1 Å². The van der Waals surface area contributed by atoms with Crippen molar-refractivity contribution in [3.05, 3.63) is 40.9 Å². The van der Waals surface area contributed by atoms with Gasteiger partial charge >= 0.3 is 5.97 Å². The van der Waals surface area contributed by atoms with Gasteiger partial charge in [-0.1, -0.05) is 30.3 Å². The Kier molecular flexibility index (Phi) is 4.94. The van der Waals surface area contributed by atoms with Gasteiger partial charge in [0.2, 0.25) is 0 Å². The maximum Gasteiger partial charge on any atom is 0.350 e. The van der Waals surface area contributed by atoms with Crippen molar-refractivity contribution in [1.29, 1.82) is 0 Å². The van der Waals surface area contributed by atoms with E-state index in [4.69, 9.17) is 4.74 Å². The first-order valence-electron chi connectivity index (χ1n) is 8.04. The molecular weight excluding hydrogens is 324 g/mol. The topological polar surface area (TPSA) is 68.3 Å². The Morgan fingerprint density at radius 1 is 1.33 bits per heavy atom. The third kappa shape index (κ3) is 4.00. The van der Waals surface area contributed by atoms with Crippen LogP contribution in [0.25, 0.3) is 10.6 Å². The molecule has 1 heterocycles. The molecule has 1 fully saturated rings. The van der Waals surface area contributed by atoms with Crippen LogP contribution in [0.5, 0.6) is 0 Å². The number of rotatable bonds is 6. The van der Waals surface area contributed by atoms with Gasteiger partial charge in [-0.15, -0.1) is 11.3 Å². The quantitative estimate of drug-likeness (QED) is 0.817. The molecule has 1 aromatic carbocycles. The summed E-state index contributed by atoms with van der Waals surface area (Å²) in [6, 6.07) is 9.82. The fourth-order valence-corrected chi connectivity index (χ4v) is 3.46. The fourth-order valence-electron chi connectivity index (χ4n) is 2.50. The van der Waals surface area contributed by atoms with Gasteiger partial charge in [-0.05, 0) is 32.6 Å². The second kappa shape index (κ2) is 7.13. The zero-order valence-corrected chi connectivity index (χ0v) is 14.6. The van der Waals surface area contributed by atoms with Crippen molar-refractivity contribution in [2.45, 2.75) is 32.7 Å². The van der Waals surface area contributed by atoms with E-state index in [-0.39, 0.29) is 18.6 Å². The Morgan fingerprint density at radius 3 is 2.71 bits per heavy atom. The van der Waals surface area contributed by atoms with Gasteiger partial charge < -0.3 is 10.1 Å². The zero-order chi connectivity index (χ0) is 17.1. The van der Waals surface area contributed by atoms with E-state index in [0.717, 1.165) is 23.4 Å². The monoisotopic (exact) mass is 344 g/mol. The third-order valence-electron chi connectivity index (χ3n) is 4.05. The van der Waals surface area contributed by atoms with Crippen molar-refractivity contribution >= 4 is 23.2 Å². The molecule has 6 heteroatoms. The number of aryl methyl sites for hydroxylation is 1. The molecule has 1 atom stereocenters. The number of benzene rings is 1. The zero-order valence-electron chi connectivity index (χ0n) is 13.7. The molecule has 0 saturated heterocycles. The molecule has 0 unspecified atom stereocenters. The van der Waals surface area contributed by atoms with Crippen molar-refractivity contribution in [1.82, 2.24) is 10.3 Å². The molecule has 2 aromatic rings. The number of aromatic nitrogens is 1. The predicted octanol–water partition coefficient (Wildman–Crippen LogP) is 3.19. The summed E-state index contributed by atoms with van der Waals surface area (Å²) in [5, 5.41) is 3.64. The molecule has 0 bridgehead atoms. The molecule has 0 radical (unpaired) electrons. The lowest BCUT2D eigenvalue weighted by Crippen LogP contribution is -2.37. The van der Waals surface area contributed by atoms with Crippen LogP contribution in [-0.4, -0.2) is 29.5 Å². The van der Waals surface area contributed by atoms with E-state index in [1.165, 1.54) is 11.3 Å². The summed E-state index contributed by atoms with van der Waals surface area (Å²) in [4.78, 5) is 28.9. The first kappa shape index (κ1) is 16.6. The summed E-state index contributed by atoms with van der Waals surface area (Å²) in [6.07, 6.45) is 2.31. The van der Waals surface area contributed by atoms with E-state index in [9.17, 15) is 9.59 Å². The van der Waals surface area contributed by atoms with Crippen LogP contribution in [-0.2, 0) is 9.53 Å². The average molecular weight is 344 g/mol. The molecule has 1 aliphatic carbocycles. The number of carbonyl (C=O) groups excluding carboxylic acids is 2. The number of carbonyl (C=O) groups is 2. The number of hydrogen-bond acceptors (Lipinski definition) is 5. The minimum atomic E-state index is -0.499. The first-order valence-corrected chi connectivity index (χ1v) is 8.85. The van der Waals surface area contributed by atoms with Gasteiger partial charge in [0.15, 0.2) is 6.61 Å². The van der Waals surface area contributed by atoms with Crippen LogP contribution in [0, 0.1) is 12.8 Å². The standard InChI is InChI=1S/C18H20N2O3S/c1-11(13-8-9-13)19-15(21)10-23-18(22)16-12(2)20-17(24-16)14-6-4-3-5-7-14/h3-7,11,13H,8-10H2,1-2H3,(H,19,21)/t11-/m1/s1. The lowest BCUT2D eigenvalue weighted by atomic mass is 10.2. The number of esters is 1. The number of nitrogens with zero attached hydrogens (tertiary/aromatic N) is 1. The summed E-state index contributed by atoms with van der Waals surface area (Å²) in [7, 11) is 0. The molecule has 0 spiro atoms. The van der Waals surface area contributed by atoms with E-state index in [1.54, 1.807) is 6.92 Å². The van der Waals surface area contributed by atoms with Crippen LogP contribution in [0.4, 0.5) is 0 Å². The Bertz CT molecular complexity index is 738. The van der Waals surface area contributed by atoms with Crippen molar-refractivity contribution in [3.63, 3.8) is 0 Å². The van der Waals surface area contributed by atoms with Crippen molar-refractivity contribution < 1.29 is 14.3 Å². The molecule has 1 aliphatic rings. The lowest BCUT2D eigenvalue weighted by Gasteiger charge is -2.12. The Morgan fingerprint density at radius 2 is 2.04 bits per heavy atom. The van der Waals surface area contributed by atoms with Crippen molar-refractivity contribution in [3.8, 4) is 10.6 Å². The summed E-state index contributed by atoms with van der Waals surface area (Å²) in [5.74, 6) is -0.184. The molecule has 24 heavy (non-hydrogen) atoms. The Hall–Kier alpha value is -2.21. The molecule has 1 saturated carbocycles. The molecule has 1 N–H and O–H groups in total. The van der Waals surface area contributed by atoms with E-state index in [2.05, 4.69) is 10.3 Å². The van der Waals surface area contributed by atoms with E-state index in [1.807, 2.05) is 37.3 Å². The smallest absolute Gasteiger partial charge is 0.350 e. The largest absolute Gasteiger partial charge is 0.451 e. The van der Waals surface area contributed by atoms with Crippen molar-refractivity contribution in [2.24, 2.45) is 5.92 Å². The highest BCUT2D eigenvalue weighted by Crippen LogP contribution is 2.32. The Labute approximate surface area is 145 Å². The first-order chi connectivity index (χ1) is 11.5. The van der Waals surface area contributed by atoms with Crippen molar-refractivity contribution in [2.75, 3.05) is 6.61 Å². The molecule has 0 aliphatic heterocycles. The second-order valence-corrected chi connectivity index (χ2v) is 7.07. The summed E-state index contributed by atoms with van der Waals surface area (Å²) in [6.45, 7) is 3.50. The van der Waals surface area contributed by atoms with E-state index in [0.29, 0.717) is 16.5 Å². The van der Waals surface area contributed by atoms with Crippen LogP contribution >= 0.6 is 11.3 Å². The number of nitrogens with one attached hydrogen (secondary N) is 1. The molecule has 5 nitrogen and oxygen atoms in total. The molecule has 126 valence electrons. The molecular formula is C18H20N2O3S. The summed E-state index contributed by atoms with van der Waals surface area (Å²) < 4.78 is 5.14. The fraction of sp³-hybridized carbons (Fsp3) is 0.389. The highest BCUT2D eigenvalue weighted by molar-refractivity contribution is 7.17. The molecule has 1 aromatic heterocycles. The number of ether oxygens (including phenoxy) is 1. The number of thiazole rings is 1. The normalized spacial score (nSPS) is 14.9. The van der Waals surface area contributed by atoms with Gasteiger partial charge in [-0.25, -0.2) is 9.78 Å². The third-order valence-corrected chi connectivity index (χ3v) is 5.24. The highest BCUT2D eigenvalue weighted by Gasteiger charge is 2.29. The molecule has 1 amide bonds. The Balaban J connectivity index is 1.59. The summed E-state index contributed by atoms with van der Waals surface area (Å²) in [5.41, 5.74) is 1.58.